The Balaban J connectivity index is 3.87. The maximum Gasteiger partial charge on any atom is 0.306 e. The minimum absolute atomic E-state index is 0.0684. The van der Waals surface area contributed by atoms with E-state index in [1.807, 2.05) is 0 Å². The van der Waals surface area contributed by atoms with Gasteiger partial charge in [-0.15, -0.1) is 0 Å². The zero-order valence-electron chi connectivity index (χ0n) is 50.4. The molecule has 1 atom stereocenters. The zero-order valence-corrected chi connectivity index (χ0v) is 50.4. The van der Waals surface area contributed by atoms with Gasteiger partial charge in [-0.1, -0.05) is 335 Å². The van der Waals surface area contributed by atoms with Crippen molar-refractivity contribution in [3.63, 3.8) is 0 Å². The lowest BCUT2D eigenvalue weighted by molar-refractivity contribution is -0.167. The highest BCUT2D eigenvalue weighted by atomic mass is 16.6. The number of hydrogen-bond donors (Lipinski definition) is 0. The Labute approximate surface area is 462 Å². The molecule has 0 radical (unpaired) electrons. The molecule has 0 spiro atoms. The van der Waals surface area contributed by atoms with Crippen LogP contribution in [-0.2, 0) is 28.6 Å². The number of esters is 3. The summed E-state index contributed by atoms with van der Waals surface area (Å²) in [6.07, 6.45) is 75.8. The molecule has 0 aliphatic carbocycles. The first-order valence-electron chi connectivity index (χ1n) is 33.7. The molecule has 74 heavy (non-hydrogen) atoms. The number of rotatable bonds is 63. The predicted octanol–water partition coefficient (Wildman–Crippen LogP) is 22.8. The van der Waals surface area contributed by atoms with Crippen molar-refractivity contribution < 1.29 is 28.6 Å². The van der Waals surface area contributed by atoms with E-state index in [4.69, 9.17) is 14.2 Å². The highest BCUT2D eigenvalue weighted by Crippen LogP contribution is 2.19. The quantitative estimate of drug-likeness (QED) is 0.0261. The molecule has 0 amide bonds. The average molecular weight is 1040 g/mol. The summed E-state index contributed by atoms with van der Waals surface area (Å²) in [5.41, 5.74) is 0. The van der Waals surface area contributed by atoms with Crippen molar-refractivity contribution in [1.82, 2.24) is 0 Å². The summed E-state index contributed by atoms with van der Waals surface area (Å²) in [6, 6.07) is 0. The molecule has 0 saturated heterocycles. The highest BCUT2D eigenvalue weighted by molar-refractivity contribution is 5.71. The molecule has 438 valence electrons. The molecule has 0 saturated carbocycles. The van der Waals surface area contributed by atoms with Gasteiger partial charge in [0.15, 0.2) is 6.10 Å². The van der Waals surface area contributed by atoms with Crippen LogP contribution in [0, 0.1) is 0 Å². The third-order valence-corrected chi connectivity index (χ3v) is 15.5. The molecule has 6 nitrogen and oxygen atoms in total. The molecular formula is C68H130O6. The van der Waals surface area contributed by atoms with E-state index < -0.39 is 6.10 Å². The number of carbonyl (C=O) groups is 3. The van der Waals surface area contributed by atoms with Crippen LogP contribution in [0.2, 0.25) is 0 Å². The van der Waals surface area contributed by atoms with E-state index in [9.17, 15) is 14.4 Å². The number of allylic oxidation sites excluding steroid dienone is 2. The van der Waals surface area contributed by atoms with Crippen molar-refractivity contribution in [2.45, 2.75) is 393 Å². The van der Waals surface area contributed by atoms with Crippen LogP contribution >= 0.6 is 0 Å². The van der Waals surface area contributed by atoms with Gasteiger partial charge in [0, 0.05) is 19.3 Å². The van der Waals surface area contributed by atoms with Crippen molar-refractivity contribution in [3.8, 4) is 0 Å². The molecule has 1 unspecified atom stereocenters. The minimum atomic E-state index is -0.768. The lowest BCUT2D eigenvalue weighted by Gasteiger charge is -2.18. The van der Waals surface area contributed by atoms with Gasteiger partial charge in [-0.2, -0.15) is 0 Å². The van der Waals surface area contributed by atoms with E-state index >= 15 is 0 Å². The SMILES string of the molecule is CCCCCCCCC/C=C\CCCCCCCC(=O)OC(COC(=O)CCCCCCCC)COC(=O)CCCCCCCCCCCCCCCCCCCCCCCCCCCCCCCCCCCC. The smallest absolute Gasteiger partial charge is 0.306 e. The van der Waals surface area contributed by atoms with E-state index in [1.165, 1.54) is 283 Å². The van der Waals surface area contributed by atoms with Crippen molar-refractivity contribution in [3.05, 3.63) is 12.2 Å². The Morgan fingerprint density at radius 2 is 0.446 bits per heavy atom. The Bertz CT molecular complexity index is 1150. The second-order valence-electron chi connectivity index (χ2n) is 23.1. The van der Waals surface area contributed by atoms with E-state index in [0.717, 1.165) is 64.2 Å². The summed E-state index contributed by atoms with van der Waals surface area (Å²) in [7, 11) is 0. The van der Waals surface area contributed by atoms with Crippen LogP contribution in [0.1, 0.15) is 387 Å². The van der Waals surface area contributed by atoms with Gasteiger partial charge in [0.2, 0.25) is 0 Å². The van der Waals surface area contributed by atoms with Crippen molar-refractivity contribution in [2.24, 2.45) is 0 Å². The number of ether oxygens (including phenoxy) is 3. The van der Waals surface area contributed by atoms with Gasteiger partial charge < -0.3 is 14.2 Å². The highest BCUT2D eigenvalue weighted by Gasteiger charge is 2.19. The third kappa shape index (κ3) is 61.0. The third-order valence-electron chi connectivity index (χ3n) is 15.5. The van der Waals surface area contributed by atoms with E-state index in [2.05, 4.69) is 32.9 Å². The number of hydrogen-bond acceptors (Lipinski definition) is 6. The Morgan fingerprint density at radius 1 is 0.257 bits per heavy atom. The Hall–Kier alpha value is -1.85. The van der Waals surface area contributed by atoms with E-state index in [-0.39, 0.29) is 31.1 Å². The van der Waals surface area contributed by atoms with Gasteiger partial charge in [0.25, 0.3) is 0 Å². The fraction of sp³-hybridized carbons (Fsp3) is 0.926. The summed E-state index contributed by atoms with van der Waals surface area (Å²) in [5, 5.41) is 0. The van der Waals surface area contributed by atoms with Gasteiger partial charge in [-0.3, -0.25) is 14.4 Å². The topological polar surface area (TPSA) is 78.9 Å². The first kappa shape index (κ1) is 72.2. The van der Waals surface area contributed by atoms with Crippen LogP contribution in [0.25, 0.3) is 0 Å². The standard InChI is InChI=1S/C68H130O6/c1-4-7-10-13-16-18-20-22-24-26-27-28-29-30-31-32-33-34-35-36-37-38-39-40-41-42-43-45-46-48-50-52-55-58-61-67(70)73-64-65(63-72-66(69)60-57-54-15-12-9-6-3)74-68(71)62-59-56-53-51-49-47-44-25-23-21-19-17-14-11-8-5-2/h25,44,65H,4-24,26-43,45-64H2,1-3H3/b44-25-. The fourth-order valence-electron chi connectivity index (χ4n) is 10.4. The van der Waals surface area contributed by atoms with Crippen LogP contribution in [0.3, 0.4) is 0 Å². The Kier molecular flexibility index (Phi) is 62.1. The second kappa shape index (κ2) is 63.7. The summed E-state index contributed by atoms with van der Waals surface area (Å²) < 4.78 is 16.8. The number of unbranched alkanes of at least 4 members (excludes halogenated alkanes) is 50. The lowest BCUT2D eigenvalue weighted by atomic mass is 10.0. The molecule has 0 fully saturated rings. The molecule has 0 aromatic heterocycles. The van der Waals surface area contributed by atoms with Gasteiger partial charge in [-0.05, 0) is 44.9 Å². The van der Waals surface area contributed by atoms with E-state index in [1.54, 1.807) is 0 Å². The monoisotopic (exact) mass is 1040 g/mol. The number of carbonyl (C=O) groups excluding carboxylic acids is 3. The lowest BCUT2D eigenvalue weighted by Crippen LogP contribution is -2.30. The molecule has 0 N–H and O–H groups in total. The molecule has 0 aromatic carbocycles. The molecule has 6 heteroatoms. The van der Waals surface area contributed by atoms with Gasteiger partial charge in [0.1, 0.15) is 13.2 Å². The predicted molar refractivity (Wildman–Crippen MR) is 321 cm³/mol. The first-order chi connectivity index (χ1) is 36.5. The molecule has 0 aliphatic heterocycles. The van der Waals surface area contributed by atoms with E-state index in [0.29, 0.717) is 19.3 Å². The van der Waals surface area contributed by atoms with Crippen molar-refractivity contribution in [2.75, 3.05) is 13.2 Å². The first-order valence-corrected chi connectivity index (χ1v) is 33.7. The summed E-state index contributed by atoms with van der Waals surface area (Å²) in [4.78, 5) is 37.9. The molecule has 0 rings (SSSR count). The van der Waals surface area contributed by atoms with Crippen LogP contribution in [0.4, 0.5) is 0 Å². The van der Waals surface area contributed by atoms with Gasteiger partial charge in [-0.25, -0.2) is 0 Å². The zero-order chi connectivity index (χ0) is 53.6. The molecule has 0 heterocycles. The molecule has 0 aliphatic rings. The fourth-order valence-corrected chi connectivity index (χ4v) is 10.4. The second-order valence-corrected chi connectivity index (χ2v) is 23.1. The van der Waals surface area contributed by atoms with Crippen LogP contribution in [0.5, 0.6) is 0 Å². The van der Waals surface area contributed by atoms with Gasteiger partial charge in [0.05, 0.1) is 0 Å². The Morgan fingerprint density at radius 3 is 0.676 bits per heavy atom. The summed E-state index contributed by atoms with van der Waals surface area (Å²) in [6.45, 7) is 6.63. The maximum absolute atomic E-state index is 12.8. The minimum Gasteiger partial charge on any atom is -0.462 e. The average Bonchev–Trinajstić information content (AvgIpc) is 3.40. The van der Waals surface area contributed by atoms with Crippen LogP contribution in [0.15, 0.2) is 12.2 Å². The summed E-state index contributed by atoms with van der Waals surface area (Å²) in [5.74, 6) is -0.863. The van der Waals surface area contributed by atoms with Crippen molar-refractivity contribution >= 4 is 17.9 Å². The van der Waals surface area contributed by atoms with Crippen LogP contribution < -0.4 is 0 Å². The maximum atomic E-state index is 12.8. The summed E-state index contributed by atoms with van der Waals surface area (Å²) >= 11 is 0. The van der Waals surface area contributed by atoms with Crippen molar-refractivity contribution in [1.29, 1.82) is 0 Å². The largest absolute Gasteiger partial charge is 0.462 e. The van der Waals surface area contributed by atoms with Gasteiger partial charge >= 0.3 is 17.9 Å². The normalized spacial score (nSPS) is 12.0. The molecule has 0 bridgehead atoms. The molecular weight excluding hydrogens is 913 g/mol. The van der Waals surface area contributed by atoms with Crippen LogP contribution in [-0.4, -0.2) is 37.2 Å². The molecule has 0 aromatic rings.